The first-order valence-electron chi connectivity index (χ1n) is 11.8. The maximum absolute atomic E-state index is 4.37. The van der Waals surface area contributed by atoms with Gasteiger partial charge in [-0.1, -0.05) is 37.3 Å². The van der Waals surface area contributed by atoms with Gasteiger partial charge in [-0.2, -0.15) is 0 Å². The van der Waals surface area contributed by atoms with Crippen LogP contribution in [0.25, 0.3) is 0 Å². The van der Waals surface area contributed by atoms with Crippen molar-refractivity contribution in [3.05, 3.63) is 35.9 Å². The second kappa shape index (κ2) is 16.7. The Kier molecular flexibility index (Phi) is 15.2. The summed E-state index contributed by atoms with van der Waals surface area (Å²) in [5.74, 6) is 0.921. The zero-order valence-electron chi connectivity index (χ0n) is 20.1. The van der Waals surface area contributed by atoms with Crippen LogP contribution in [0.2, 0.25) is 0 Å². The van der Waals surface area contributed by atoms with E-state index in [4.69, 9.17) is 0 Å². The Morgan fingerprint density at radius 1 is 1.03 bits per heavy atom. The van der Waals surface area contributed by atoms with Crippen molar-refractivity contribution in [2.45, 2.75) is 45.7 Å². The summed E-state index contributed by atoms with van der Waals surface area (Å²) < 4.78 is 0. The van der Waals surface area contributed by atoms with Gasteiger partial charge in [0.05, 0.1) is 0 Å². The number of piperazine rings is 1. The summed E-state index contributed by atoms with van der Waals surface area (Å²) in [6, 6.07) is 11.2. The summed E-state index contributed by atoms with van der Waals surface area (Å²) in [4.78, 5) is 11.9. The molecule has 1 aliphatic heterocycles. The van der Waals surface area contributed by atoms with Crippen molar-refractivity contribution in [3.8, 4) is 0 Å². The highest BCUT2D eigenvalue weighted by Crippen LogP contribution is 2.08. The van der Waals surface area contributed by atoms with Crippen LogP contribution in [0, 0.1) is 0 Å². The van der Waals surface area contributed by atoms with Crippen LogP contribution in [-0.2, 0) is 6.54 Å². The fraction of sp³-hybridized carbons (Fsp3) is 0.708. The van der Waals surface area contributed by atoms with Crippen molar-refractivity contribution >= 4 is 29.9 Å². The smallest absolute Gasteiger partial charge is 0.190 e. The Morgan fingerprint density at radius 3 is 2.32 bits per heavy atom. The van der Waals surface area contributed by atoms with Gasteiger partial charge >= 0.3 is 0 Å². The van der Waals surface area contributed by atoms with Gasteiger partial charge in [-0.3, -0.25) is 9.89 Å². The SMILES string of the molecule is CCN1CCN(CCCCNC(=NC)NCCC(C)N(C)Cc2ccccc2)CC1.I. The number of hydrogen-bond donors (Lipinski definition) is 2. The van der Waals surface area contributed by atoms with Crippen molar-refractivity contribution in [1.82, 2.24) is 25.3 Å². The molecule has 0 aromatic heterocycles. The lowest BCUT2D eigenvalue weighted by Crippen LogP contribution is -2.46. The highest BCUT2D eigenvalue weighted by molar-refractivity contribution is 14.0. The molecular formula is C24H45IN6. The van der Waals surface area contributed by atoms with Crippen LogP contribution in [0.5, 0.6) is 0 Å². The third kappa shape index (κ3) is 11.5. The minimum atomic E-state index is 0. The number of hydrogen-bond acceptors (Lipinski definition) is 4. The van der Waals surface area contributed by atoms with Gasteiger partial charge in [-0.25, -0.2) is 0 Å². The predicted molar refractivity (Wildman–Crippen MR) is 145 cm³/mol. The fourth-order valence-corrected chi connectivity index (χ4v) is 3.86. The number of nitrogens with zero attached hydrogens (tertiary/aromatic N) is 4. The maximum atomic E-state index is 4.37. The number of unbranched alkanes of at least 4 members (excludes halogenated alkanes) is 1. The Labute approximate surface area is 207 Å². The van der Waals surface area contributed by atoms with Gasteiger partial charge in [0, 0.05) is 58.9 Å². The van der Waals surface area contributed by atoms with Gasteiger partial charge in [-0.15, -0.1) is 24.0 Å². The van der Waals surface area contributed by atoms with Gasteiger partial charge in [-0.05, 0) is 51.9 Å². The zero-order chi connectivity index (χ0) is 21.6. The van der Waals surface area contributed by atoms with E-state index >= 15 is 0 Å². The van der Waals surface area contributed by atoms with Crippen molar-refractivity contribution in [3.63, 3.8) is 0 Å². The van der Waals surface area contributed by atoms with Crippen LogP contribution in [0.4, 0.5) is 0 Å². The van der Waals surface area contributed by atoms with E-state index in [0.29, 0.717) is 6.04 Å². The van der Waals surface area contributed by atoms with E-state index in [0.717, 1.165) is 32.0 Å². The van der Waals surface area contributed by atoms with Crippen LogP contribution in [-0.4, -0.2) is 93.2 Å². The van der Waals surface area contributed by atoms with Crippen LogP contribution < -0.4 is 10.6 Å². The van der Waals surface area contributed by atoms with Crippen molar-refractivity contribution in [1.29, 1.82) is 0 Å². The summed E-state index contributed by atoms with van der Waals surface area (Å²) in [5.41, 5.74) is 1.37. The molecular weight excluding hydrogens is 499 g/mol. The number of likely N-dealkylation sites (N-methyl/N-ethyl adjacent to an activating group) is 1. The molecule has 1 heterocycles. The molecule has 31 heavy (non-hydrogen) atoms. The maximum Gasteiger partial charge on any atom is 0.190 e. The van der Waals surface area contributed by atoms with E-state index in [9.17, 15) is 0 Å². The molecule has 1 fully saturated rings. The van der Waals surface area contributed by atoms with Crippen molar-refractivity contribution in [2.75, 3.05) is 66.5 Å². The minimum Gasteiger partial charge on any atom is -0.356 e. The average Bonchev–Trinajstić information content (AvgIpc) is 2.78. The molecule has 0 spiro atoms. The molecule has 7 heteroatoms. The molecule has 1 aromatic rings. The summed E-state index contributed by atoms with van der Waals surface area (Å²) in [7, 11) is 4.06. The number of guanidine groups is 1. The topological polar surface area (TPSA) is 46.1 Å². The van der Waals surface area contributed by atoms with Gasteiger partial charge in [0.15, 0.2) is 5.96 Å². The second-order valence-corrected chi connectivity index (χ2v) is 8.45. The summed E-state index contributed by atoms with van der Waals surface area (Å²) in [5, 5.41) is 6.93. The minimum absolute atomic E-state index is 0. The first-order valence-corrected chi connectivity index (χ1v) is 11.8. The van der Waals surface area contributed by atoms with E-state index < -0.39 is 0 Å². The van der Waals surface area contributed by atoms with Gasteiger partial charge in [0.1, 0.15) is 0 Å². The van der Waals surface area contributed by atoms with Crippen LogP contribution in [0.15, 0.2) is 35.3 Å². The number of benzene rings is 1. The Hall–Kier alpha value is -0.900. The second-order valence-electron chi connectivity index (χ2n) is 8.45. The highest BCUT2D eigenvalue weighted by Gasteiger charge is 2.14. The van der Waals surface area contributed by atoms with Crippen molar-refractivity contribution in [2.24, 2.45) is 4.99 Å². The monoisotopic (exact) mass is 544 g/mol. The molecule has 1 atom stereocenters. The van der Waals surface area contributed by atoms with E-state index in [1.54, 1.807) is 0 Å². The first kappa shape index (κ1) is 28.1. The van der Waals surface area contributed by atoms with Gasteiger partial charge < -0.3 is 20.4 Å². The summed E-state index contributed by atoms with van der Waals surface area (Å²) >= 11 is 0. The molecule has 0 bridgehead atoms. The average molecular weight is 545 g/mol. The lowest BCUT2D eigenvalue weighted by atomic mass is 10.1. The highest BCUT2D eigenvalue weighted by atomic mass is 127. The number of halogens is 1. The van der Waals surface area contributed by atoms with Crippen LogP contribution >= 0.6 is 24.0 Å². The fourth-order valence-electron chi connectivity index (χ4n) is 3.86. The quantitative estimate of drug-likeness (QED) is 0.183. The molecule has 178 valence electrons. The Morgan fingerprint density at radius 2 is 1.68 bits per heavy atom. The Bertz CT molecular complexity index is 589. The predicted octanol–water partition coefficient (Wildman–Crippen LogP) is 3.10. The largest absolute Gasteiger partial charge is 0.356 e. The number of nitrogens with one attached hydrogen (secondary N) is 2. The Balaban J connectivity index is 0.00000480. The van der Waals surface area contributed by atoms with Crippen LogP contribution in [0.3, 0.4) is 0 Å². The number of rotatable bonds is 12. The molecule has 0 amide bonds. The van der Waals surface area contributed by atoms with Crippen LogP contribution in [0.1, 0.15) is 38.7 Å². The molecule has 0 aliphatic carbocycles. The summed E-state index contributed by atoms with van der Waals surface area (Å²) in [6.07, 6.45) is 3.52. The molecule has 1 unspecified atom stereocenters. The van der Waals surface area contributed by atoms with E-state index in [2.05, 4.69) is 81.6 Å². The zero-order valence-corrected chi connectivity index (χ0v) is 22.5. The van der Waals surface area contributed by atoms with Crippen molar-refractivity contribution < 1.29 is 0 Å². The van der Waals surface area contributed by atoms with E-state index in [1.165, 1.54) is 57.7 Å². The third-order valence-electron chi connectivity index (χ3n) is 6.21. The first-order chi connectivity index (χ1) is 14.6. The summed E-state index contributed by atoms with van der Waals surface area (Å²) in [6.45, 7) is 14.8. The lowest BCUT2D eigenvalue weighted by Gasteiger charge is -2.34. The molecule has 2 rings (SSSR count). The number of aliphatic imine (C=N–C) groups is 1. The molecule has 1 aromatic carbocycles. The lowest BCUT2D eigenvalue weighted by molar-refractivity contribution is 0.136. The third-order valence-corrected chi connectivity index (χ3v) is 6.21. The molecule has 6 nitrogen and oxygen atoms in total. The van der Waals surface area contributed by atoms with E-state index in [-0.39, 0.29) is 24.0 Å². The molecule has 0 radical (unpaired) electrons. The van der Waals surface area contributed by atoms with Gasteiger partial charge in [0.2, 0.25) is 0 Å². The normalized spacial score (nSPS) is 16.7. The van der Waals surface area contributed by atoms with Gasteiger partial charge in [0.25, 0.3) is 0 Å². The molecule has 1 saturated heterocycles. The molecule has 0 saturated carbocycles. The van der Waals surface area contributed by atoms with E-state index in [1.807, 2.05) is 7.05 Å². The standard InChI is InChI=1S/C24H44N6.HI/c1-5-29-17-19-30(20-18-29)16-10-9-14-26-24(25-3)27-15-13-22(2)28(4)21-23-11-7-6-8-12-23;/h6-8,11-12,22H,5,9-10,13-21H2,1-4H3,(H2,25,26,27);1H. The molecule has 1 aliphatic rings. The molecule has 2 N–H and O–H groups in total.